The van der Waals surface area contributed by atoms with Gasteiger partial charge in [0.15, 0.2) is 0 Å². The Morgan fingerprint density at radius 2 is 1.92 bits per heavy atom. The molecule has 2 nitrogen and oxygen atoms in total. The molecular weight excluding hydrogens is 364 g/mol. The van der Waals surface area contributed by atoms with Gasteiger partial charge < -0.3 is 0 Å². The average Bonchev–Trinajstić information content (AvgIpc) is 2.27. The Labute approximate surface area is 101 Å². The van der Waals surface area contributed by atoms with Crippen molar-refractivity contribution >= 4 is 58.7 Å². The van der Waals surface area contributed by atoms with Crippen LogP contribution < -0.4 is 0 Å². The van der Waals surface area contributed by atoms with E-state index < -0.39 is 0 Å². The number of hydrogen-bond acceptors (Lipinski definition) is 1. The lowest BCUT2D eigenvalue weighted by Crippen LogP contribution is -1.89. The summed E-state index contributed by atoms with van der Waals surface area (Å²) < 4.78 is 4.79. The molecule has 2 aromatic rings. The van der Waals surface area contributed by atoms with Crippen LogP contribution in [0.3, 0.4) is 0 Å². The number of halogens is 3. The molecule has 1 aromatic carbocycles. The number of fused-ring (bicyclic) bond motifs is 1. The highest BCUT2D eigenvalue weighted by atomic mass is 79.9. The predicted molar refractivity (Wildman–Crippen MR) is 63.8 cm³/mol. The molecule has 0 aliphatic heterocycles. The Hall–Kier alpha value is 0.130. The molecule has 2 rings (SSSR count). The summed E-state index contributed by atoms with van der Waals surface area (Å²) in [6.45, 7) is 0. The van der Waals surface area contributed by atoms with E-state index in [-0.39, 0.29) is 0 Å². The van der Waals surface area contributed by atoms with Crippen molar-refractivity contribution in [3.8, 4) is 0 Å². The lowest BCUT2D eigenvalue weighted by atomic mass is 10.3. The number of aromatic nitrogens is 2. The molecule has 0 unspecified atom stereocenters. The van der Waals surface area contributed by atoms with Gasteiger partial charge in [-0.05, 0) is 44.0 Å². The molecule has 5 heteroatoms. The first-order chi connectivity index (χ1) is 6.09. The van der Waals surface area contributed by atoms with Crippen molar-refractivity contribution in [2.24, 2.45) is 7.05 Å². The molecule has 0 fully saturated rings. The van der Waals surface area contributed by atoms with Crippen molar-refractivity contribution in [3.63, 3.8) is 0 Å². The van der Waals surface area contributed by atoms with Crippen LogP contribution in [0.4, 0.5) is 0 Å². The van der Waals surface area contributed by atoms with Gasteiger partial charge in [-0.25, -0.2) is 0 Å². The fraction of sp³-hybridized carbons (Fsp3) is 0.125. The van der Waals surface area contributed by atoms with Gasteiger partial charge >= 0.3 is 0 Å². The van der Waals surface area contributed by atoms with E-state index >= 15 is 0 Å². The monoisotopic (exact) mass is 366 g/mol. The smallest absolute Gasteiger partial charge is 0.136 e. The number of hydrogen-bond donors (Lipinski definition) is 0. The molecule has 13 heavy (non-hydrogen) atoms. The first kappa shape index (κ1) is 9.68. The summed E-state index contributed by atoms with van der Waals surface area (Å²) in [5.41, 5.74) is 1.09. The van der Waals surface area contributed by atoms with Crippen molar-refractivity contribution in [2.75, 3.05) is 0 Å². The first-order valence-corrected chi connectivity index (χ1v) is 5.95. The van der Waals surface area contributed by atoms with Crippen LogP contribution in [0.5, 0.6) is 0 Å². The fourth-order valence-corrected chi connectivity index (χ4v) is 3.31. The van der Waals surface area contributed by atoms with Crippen molar-refractivity contribution in [1.29, 1.82) is 0 Å². The molecule has 68 valence electrons. The van der Waals surface area contributed by atoms with E-state index in [0.29, 0.717) is 0 Å². The van der Waals surface area contributed by atoms with Crippen molar-refractivity contribution < 1.29 is 0 Å². The highest BCUT2D eigenvalue weighted by Gasteiger charge is 2.09. The van der Waals surface area contributed by atoms with Gasteiger partial charge in [0.2, 0.25) is 0 Å². The molecule has 0 radical (unpaired) electrons. The molecule has 0 bridgehead atoms. The van der Waals surface area contributed by atoms with E-state index in [1.807, 2.05) is 23.9 Å². The normalized spacial score (nSPS) is 11.1. The van der Waals surface area contributed by atoms with E-state index in [9.17, 15) is 0 Å². The lowest BCUT2D eigenvalue weighted by molar-refractivity contribution is 0.787. The van der Waals surface area contributed by atoms with Crippen molar-refractivity contribution in [2.45, 2.75) is 0 Å². The third-order valence-corrected chi connectivity index (χ3v) is 3.46. The van der Waals surface area contributed by atoms with E-state index in [2.05, 4.69) is 52.9 Å². The highest BCUT2D eigenvalue weighted by Crippen LogP contribution is 2.32. The summed E-state index contributed by atoms with van der Waals surface area (Å²) in [6.07, 6.45) is 0. The number of aryl methyl sites for hydroxylation is 1. The van der Waals surface area contributed by atoms with E-state index in [4.69, 9.17) is 0 Å². The zero-order valence-electron chi connectivity index (χ0n) is 6.68. The summed E-state index contributed by atoms with van der Waals surface area (Å²) >= 11 is 10.4. The maximum absolute atomic E-state index is 4.27. The Morgan fingerprint density at radius 3 is 2.62 bits per heavy atom. The van der Waals surface area contributed by atoms with Crippen LogP contribution in [0, 0.1) is 0 Å². The van der Waals surface area contributed by atoms with Crippen molar-refractivity contribution in [3.05, 3.63) is 25.7 Å². The standard InChI is InChI=1S/C8H5Br3N2/c1-13-7-5(8(11)12-13)2-4(9)3-6(7)10/h2-3H,1H3. The molecule has 0 saturated carbocycles. The van der Waals surface area contributed by atoms with Gasteiger partial charge in [0.1, 0.15) is 4.60 Å². The highest BCUT2D eigenvalue weighted by molar-refractivity contribution is 9.11. The van der Waals surface area contributed by atoms with Crippen molar-refractivity contribution in [1.82, 2.24) is 9.78 Å². The largest absolute Gasteiger partial charge is 0.266 e. The maximum Gasteiger partial charge on any atom is 0.136 e. The van der Waals surface area contributed by atoms with E-state index in [0.717, 1.165) is 24.5 Å². The van der Waals surface area contributed by atoms with Crippen LogP contribution in [0.1, 0.15) is 0 Å². The second-order valence-corrected chi connectivity index (χ2v) is 5.22. The molecule has 1 aromatic heterocycles. The van der Waals surface area contributed by atoms with Crippen LogP contribution in [-0.4, -0.2) is 9.78 Å². The zero-order valence-corrected chi connectivity index (χ0v) is 11.4. The fourth-order valence-electron chi connectivity index (χ4n) is 1.29. The Balaban J connectivity index is 2.97. The third kappa shape index (κ3) is 1.57. The summed E-state index contributed by atoms with van der Waals surface area (Å²) in [4.78, 5) is 0. The number of benzene rings is 1. The van der Waals surface area contributed by atoms with Gasteiger partial charge in [-0.15, -0.1) is 0 Å². The van der Waals surface area contributed by atoms with Crippen LogP contribution in [0.15, 0.2) is 25.7 Å². The number of nitrogens with zero attached hydrogens (tertiary/aromatic N) is 2. The molecular formula is C8H5Br3N2. The van der Waals surface area contributed by atoms with Gasteiger partial charge in [-0.3, -0.25) is 4.68 Å². The second-order valence-electron chi connectivity index (χ2n) is 2.70. The minimum absolute atomic E-state index is 0.868. The summed E-state index contributed by atoms with van der Waals surface area (Å²) in [7, 11) is 1.92. The zero-order chi connectivity index (χ0) is 9.59. The predicted octanol–water partition coefficient (Wildman–Crippen LogP) is 3.86. The summed E-state index contributed by atoms with van der Waals surface area (Å²) in [5.74, 6) is 0. The van der Waals surface area contributed by atoms with Gasteiger partial charge in [0, 0.05) is 21.4 Å². The topological polar surface area (TPSA) is 17.8 Å². The van der Waals surface area contributed by atoms with Crippen LogP contribution in [-0.2, 0) is 7.05 Å². The quantitative estimate of drug-likeness (QED) is 0.690. The van der Waals surface area contributed by atoms with Gasteiger partial charge in [0.25, 0.3) is 0 Å². The van der Waals surface area contributed by atoms with Gasteiger partial charge in [0.05, 0.1) is 5.52 Å². The van der Waals surface area contributed by atoms with Crippen LogP contribution in [0.25, 0.3) is 10.9 Å². The number of rotatable bonds is 0. The molecule has 0 N–H and O–H groups in total. The maximum atomic E-state index is 4.27. The minimum atomic E-state index is 0.868. The SMILES string of the molecule is Cn1nc(Br)c2cc(Br)cc(Br)c21. The van der Waals surface area contributed by atoms with Gasteiger partial charge in [-0.1, -0.05) is 15.9 Å². The molecule has 0 amide bonds. The first-order valence-electron chi connectivity index (χ1n) is 3.57. The molecule has 0 atom stereocenters. The summed E-state index contributed by atoms with van der Waals surface area (Å²) in [6, 6.07) is 4.05. The molecule has 0 saturated heterocycles. The third-order valence-electron chi connectivity index (χ3n) is 1.81. The average molecular weight is 369 g/mol. The minimum Gasteiger partial charge on any atom is -0.266 e. The van der Waals surface area contributed by atoms with Gasteiger partial charge in [-0.2, -0.15) is 5.10 Å². The molecule has 1 heterocycles. The van der Waals surface area contributed by atoms with E-state index in [1.54, 1.807) is 0 Å². The Morgan fingerprint density at radius 1 is 1.23 bits per heavy atom. The summed E-state index contributed by atoms with van der Waals surface area (Å²) in [5, 5.41) is 5.38. The molecule has 0 aliphatic rings. The molecule has 0 aliphatic carbocycles. The lowest BCUT2D eigenvalue weighted by Gasteiger charge is -1.98. The Kier molecular flexibility index (Phi) is 2.51. The van der Waals surface area contributed by atoms with Crippen LogP contribution >= 0.6 is 47.8 Å². The second kappa shape index (κ2) is 3.37. The van der Waals surface area contributed by atoms with Crippen LogP contribution in [0.2, 0.25) is 0 Å². The van der Waals surface area contributed by atoms with E-state index in [1.165, 1.54) is 0 Å². The Bertz CT molecular complexity index is 476. The molecule has 0 spiro atoms.